The van der Waals surface area contributed by atoms with Crippen LogP contribution in [0.4, 0.5) is 5.69 Å². The van der Waals surface area contributed by atoms with Gasteiger partial charge in [0.2, 0.25) is 0 Å². The third-order valence-corrected chi connectivity index (χ3v) is 2.02. The molecule has 0 bridgehead atoms. The molecule has 0 saturated carbocycles. The number of rotatable bonds is 5. The molecule has 0 heterocycles. The Bertz CT molecular complexity index is 269. The van der Waals surface area contributed by atoms with Crippen molar-refractivity contribution in [3.8, 4) is 0 Å². The van der Waals surface area contributed by atoms with Crippen LogP contribution in [0.5, 0.6) is 0 Å². The molecule has 2 N–H and O–H groups in total. The Hall–Kier alpha value is -1.02. The molecule has 0 aliphatic rings. The second kappa shape index (κ2) is 5.66. The van der Waals surface area contributed by atoms with Gasteiger partial charge in [-0.05, 0) is 24.6 Å². The Morgan fingerprint density at radius 3 is 2.64 bits per heavy atom. The van der Waals surface area contributed by atoms with Gasteiger partial charge in [-0.2, -0.15) is 0 Å². The average Bonchev–Trinajstić information content (AvgIpc) is 2.12. The molecule has 0 saturated heterocycles. The van der Waals surface area contributed by atoms with Crippen molar-refractivity contribution < 1.29 is 0 Å². The largest absolute Gasteiger partial charge is 0.384 e. The molecule has 0 aliphatic carbocycles. The van der Waals surface area contributed by atoms with E-state index in [1.807, 2.05) is 0 Å². The molecule has 1 aromatic carbocycles. The van der Waals surface area contributed by atoms with E-state index in [9.17, 15) is 0 Å². The Labute approximate surface area is 86.7 Å². The maximum Gasteiger partial charge on any atom is 0.0343 e. The van der Waals surface area contributed by atoms with Gasteiger partial charge in [-0.3, -0.25) is 0 Å². The van der Waals surface area contributed by atoms with Gasteiger partial charge in [-0.25, -0.2) is 0 Å². The van der Waals surface area contributed by atoms with Crippen LogP contribution in [0.1, 0.15) is 19.4 Å². The summed E-state index contributed by atoms with van der Waals surface area (Å²) in [5, 5.41) is 6.75. The monoisotopic (exact) mass is 192 g/mol. The van der Waals surface area contributed by atoms with E-state index in [-0.39, 0.29) is 0 Å². The third kappa shape index (κ3) is 4.28. The van der Waals surface area contributed by atoms with Crippen LogP contribution in [0, 0.1) is 6.92 Å². The molecular formula is C12H20N2. The summed E-state index contributed by atoms with van der Waals surface area (Å²) < 4.78 is 0. The number of hydrogen-bond acceptors (Lipinski definition) is 2. The van der Waals surface area contributed by atoms with E-state index in [1.165, 1.54) is 11.3 Å². The fourth-order valence-electron chi connectivity index (χ4n) is 1.32. The highest BCUT2D eigenvalue weighted by Gasteiger charge is 1.93. The Morgan fingerprint density at radius 2 is 2.00 bits per heavy atom. The first-order valence-corrected chi connectivity index (χ1v) is 5.22. The van der Waals surface area contributed by atoms with Crippen molar-refractivity contribution in [3.05, 3.63) is 29.8 Å². The Balaban J connectivity index is 2.25. The summed E-state index contributed by atoms with van der Waals surface area (Å²) in [6.07, 6.45) is 0. The van der Waals surface area contributed by atoms with Gasteiger partial charge in [0.25, 0.3) is 0 Å². The molecule has 0 aliphatic heterocycles. The first-order chi connectivity index (χ1) is 6.68. The summed E-state index contributed by atoms with van der Waals surface area (Å²) in [7, 11) is 0. The first kappa shape index (κ1) is 11.1. The standard InChI is InChI=1S/C12H20N2/c1-10(2)13-7-8-14-12-6-4-5-11(3)9-12/h4-6,9-10,13-14H,7-8H2,1-3H3. The third-order valence-electron chi connectivity index (χ3n) is 2.02. The predicted octanol–water partition coefficient (Wildman–Crippen LogP) is 2.40. The van der Waals surface area contributed by atoms with Gasteiger partial charge in [-0.15, -0.1) is 0 Å². The van der Waals surface area contributed by atoms with Gasteiger partial charge in [0.15, 0.2) is 0 Å². The van der Waals surface area contributed by atoms with Crippen molar-refractivity contribution in [2.75, 3.05) is 18.4 Å². The van der Waals surface area contributed by atoms with E-state index >= 15 is 0 Å². The average molecular weight is 192 g/mol. The van der Waals surface area contributed by atoms with Crippen molar-refractivity contribution in [2.45, 2.75) is 26.8 Å². The van der Waals surface area contributed by atoms with E-state index in [0.717, 1.165) is 13.1 Å². The minimum Gasteiger partial charge on any atom is -0.384 e. The maximum atomic E-state index is 3.38. The van der Waals surface area contributed by atoms with E-state index in [1.54, 1.807) is 0 Å². The zero-order valence-corrected chi connectivity index (χ0v) is 9.30. The quantitative estimate of drug-likeness (QED) is 0.700. The molecule has 0 fully saturated rings. The molecule has 1 rings (SSSR count). The molecule has 0 unspecified atom stereocenters. The van der Waals surface area contributed by atoms with Gasteiger partial charge >= 0.3 is 0 Å². The summed E-state index contributed by atoms with van der Waals surface area (Å²) in [5.74, 6) is 0. The Morgan fingerprint density at radius 1 is 1.21 bits per heavy atom. The first-order valence-electron chi connectivity index (χ1n) is 5.22. The van der Waals surface area contributed by atoms with Crippen LogP contribution in [0.15, 0.2) is 24.3 Å². The summed E-state index contributed by atoms with van der Waals surface area (Å²) in [6, 6.07) is 9.01. The number of aryl methyl sites for hydroxylation is 1. The molecule has 1 aromatic rings. The van der Waals surface area contributed by atoms with Gasteiger partial charge in [0.1, 0.15) is 0 Å². The number of nitrogens with one attached hydrogen (secondary N) is 2. The molecule has 14 heavy (non-hydrogen) atoms. The SMILES string of the molecule is Cc1cccc(NCCNC(C)C)c1. The fourth-order valence-corrected chi connectivity index (χ4v) is 1.32. The fraction of sp³-hybridized carbons (Fsp3) is 0.500. The summed E-state index contributed by atoms with van der Waals surface area (Å²) in [4.78, 5) is 0. The lowest BCUT2D eigenvalue weighted by Crippen LogP contribution is -2.28. The second-order valence-corrected chi connectivity index (χ2v) is 3.91. The molecule has 0 amide bonds. The molecule has 2 heteroatoms. The second-order valence-electron chi connectivity index (χ2n) is 3.91. The lowest BCUT2D eigenvalue weighted by molar-refractivity contribution is 0.602. The van der Waals surface area contributed by atoms with Crippen LogP contribution >= 0.6 is 0 Å². The molecule has 0 aromatic heterocycles. The molecule has 0 atom stereocenters. The number of anilines is 1. The highest BCUT2D eigenvalue weighted by Crippen LogP contribution is 2.08. The molecule has 0 spiro atoms. The van der Waals surface area contributed by atoms with Crippen molar-refractivity contribution in [2.24, 2.45) is 0 Å². The highest BCUT2D eigenvalue weighted by molar-refractivity contribution is 5.45. The van der Waals surface area contributed by atoms with E-state index in [0.29, 0.717) is 6.04 Å². The van der Waals surface area contributed by atoms with Crippen molar-refractivity contribution in [3.63, 3.8) is 0 Å². The topological polar surface area (TPSA) is 24.1 Å². The van der Waals surface area contributed by atoms with Crippen LogP contribution in [-0.4, -0.2) is 19.1 Å². The van der Waals surface area contributed by atoms with Gasteiger partial charge in [0, 0.05) is 24.8 Å². The number of hydrogen-bond donors (Lipinski definition) is 2. The molecular weight excluding hydrogens is 172 g/mol. The van der Waals surface area contributed by atoms with E-state index in [4.69, 9.17) is 0 Å². The van der Waals surface area contributed by atoms with Gasteiger partial charge in [-0.1, -0.05) is 26.0 Å². The van der Waals surface area contributed by atoms with Crippen molar-refractivity contribution in [1.82, 2.24) is 5.32 Å². The van der Waals surface area contributed by atoms with Crippen molar-refractivity contribution >= 4 is 5.69 Å². The van der Waals surface area contributed by atoms with Gasteiger partial charge < -0.3 is 10.6 Å². The molecule has 0 radical (unpaired) electrons. The predicted molar refractivity (Wildman–Crippen MR) is 62.8 cm³/mol. The van der Waals surface area contributed by atoms with E-state index < -0.39 is 0 Å². The lowest BCUT2D eigenvalue weighted by atomic mass is 10.2. The van der Waals surface area contributed by atoms with Gasteiger partial charge in [0.05, 0.1) is 0 Å². The van der Waals surface area contributed by atoms with Crippen LogP contribution in [0.25, 0.3) is 0 Å². The zero-order valence-electron chi connectivity index (χ0n) is 9.30. The van der Waals surface area contributed by atoms with Crippen LogP contribution in [0.3, 0.4) is 0 Å². The number of benzene rings is 1. The highest BCUT2D eigenvalue weighted by atomic mass is 15.0. The zero-order chi connectivity index (χ0) is 10.4. The van der Waals surface area contributed by atoms with E-state index in [2.05, 4.69) is 55.7 Å². The smallest absolute Gasteiger partial charge is 0.0343 e. The maximum absolute atomic E-state index is 3.38. The molecule has 2 nitrogen and oxygen atoms in total. The van der Waals surface area contributed by atoms with Crippen LogP contribution < -0.4 is 10.6 Å². The summed E-state index contributed by atoms with van der Waals surface area (Å²) in [5.41, 5.74) is 2.50. The van der Waals surface area contributed by atoms with Crippen LogP contribution in [-0.2, 0) is 0 Å². The van der Waals surface area contributed by atoms with Crippen molar-refractivity contribution in [1.29, 1.82) is 0 Å². The minimum atomic E-state index is 0.564. The summed E-state index contributed by atoms with van der Waals surface area (Å²) >= 11 is 0. The Kier molecular flexibility index (Phi) is 4.47. The summed E-state index contributed by atoms with van der Waals surface area (Å²) in [6.45, 7) is 8.41. The minimum absolute atomic E-state index is 0.564. The normalized spacial score (nSPS) is 10.6. The van der Waals surface area contributed by atoms with Crippen LogP contribution in [0.2, 0.25) is 0 Å². The molecule has 78 valence electrons. The lowest BCUT2D eigenvalue weighted by Gasteiger charge is -2.10.